The third-order valence-electron chi connectivity index (χ3n) is 3.02. The second kappa shape index (κ2) is 6.81. The SMILES string of the molecule is CCC(N)C(Oc1cc(F)ccc1Br)c1cccnc1. The number of pyridine rings is 1. The van der Waals surface area contributed by atoms with E-state index in [4.69, 9.17) is 10.5 Å². The maximum atomic E-state index is 13.3. The molecule has 0 bridgehead atoms. The predicted molar refractivity (Wildman–Crippen MR) is 80.0 cm³/mol. The summed E-state index contributed by atoms with van der Waals surface area (Å²) in [4.78, 5) is 4.08. The molecule has 0 amide bonds. The molecule has 0 saturated heterocycles. The maximum absolute atomic E-state index is 13.3. The van der Waals surface area contributed by atoms with E-state index in [9.17, 15) is 4.39 Å². The van der Waals surface area contributed by atoms with E-state index in [1.165, 1.54) is 12.1 Å². The van der Waals surface area contributed by atoms with Gasteiger partial charge in [-0.1, -0.05) is 13.0 Å². The molecule has 0 fully saturated rings. The molecule has 2 aromatic rings. The lowest BCUT2D eigenvalue weighted by Crippen LogP contribution is -2.31. The summed E-state index contributed by atoms with van der Waals surface area (Å²) >= 11 is 3.35. The van der Waals surface area contributed by atoms with E-state index >= 15 is 0 Å². The summed E-state index contributed by atoms with van der Waals surface area (Å²) in [5.74, 6) is 0.0842. The zero-order valence-electron chi connectivity index (χ0n) is 11.1. The molecule has 2 atom stereocenters. The van der Waals surface area contributed by atoms with E-state index in [-0.39, 0.29) is 18.0 Å². The summed E-state index contributed by atoms with van der Waals surface area (Å²) in [5.41, 5.74) is 7.00. The van der Waals surface area contributed by atoms with Gasteiger partial charge in [0.15, 0.2) is 0 Å². The fraction of sp³-hybridized carbons (Fsp3) is 0.267. The molecule has 1 aromatic heterocycles. The van der Waals surface area contributed by atoms with Crippen LogP contribution in [0.3, 0.4) is 0 Å². The molecule has 0 aliphatic heterocycles. The van der Waals surface area contributed by atoms with E-state index in [0.29, 0.717) is 10.2 Å². The Morgan fingerprint density at radius 1 is 1.40 bits per heavy atom. The normalized spacial score (nSPS) is 13.8. The molecule has 1 aromatic carbocycles. The summed E-state index contributed by atoms with van der Waals surface area (Å²) in [5, 5.41) is 0. The molecule has 20 heavy (non-hydrogen) atoms. The van der Waals surface area contributed by atoms with Crippen molar-refractivity contribution < 1.29 is 9.13 Å². The molecule has 2 N–H and O–H groups in total. The van der Waals surface area contributed by atoms with Crippen molar-refractivity contribution in [3.05, 3.63) is 58.6 Å². The summed E-state index contributed by atoms with van der Waals surface area (Å²) < 4.78 is 19.9. The predicted octanol–water partition coefficient (Wildman–Crippen LogP) is 3.84. The minimum Gasteiger partial charge on any atom is -0.483 e. The van der Waals surface area contributed by atoms with E-state index < -0.39 is 0 Å². The third kappa shape index (κ3) is 3.55. The number of rotatable bonds is 5. The van der Waals surface area contributed by atoms with Crippen LogP contribution in [0.4, 0.5) is 4.39 Å². The highest BCUT2D eigenvalue weighted by molar-refractivity contribution is 9.10. The van der Waals surface area contributed by atoms with Gasteiger partial charge in [-0.3, -0.25) is 4.98 Å². The smallest absolute Gasteiger partial charge is 0.140 e. The van der Waals surface area contributed by atoms with Gasteiger partial charge in [-0.25, -0.2) is 4.39 Å². The van der Waals surface area contributed by atoms with Gasteiger partial charge < -0.3 is 10.5 Å². The Bertz CT molecular complexity index is 565. The van der Waals surface area contributed by atoms with Gasteiger partial charge in [0, 0.05) is 30.1 Å². The first kappa shape index (κ1) is 14.9. The molecular formula is C15H16BrFN2O. The lowest BCUT2D eigenvalue weighted by molar-refractivity contribution is 0.169. The number of hydrogen-bond donors (Lipinski definition) is 1. The Morgan fingerprint density at radius 3 is 2.85 bits per heavy atom. The summed E-state index contributed by atoms with van der Waals surface area (Å²) in [6.07, 6.45) is 3.78. The van der Waals surface area contributed by atoms with E-state index in [2.05, 4.69) is 20.9 Å². The highest BCUT2D eigenvalue weighted by Gasteiger charge is 2.21. The van der Waals surface area contributed by atoms with Gasteiger partial charge in [0.25, 0.3) is 0 Å². The van der Waals surface area contributed by atoms with Crippen LogP contribution >= 0.6 is 15.9 Å². The number of hydrogen-bond acceptors (Lipinski definition) is 3. The molecule has 1 heterocycles. The Balaban J connectivity index is 2.31. The van der Waals surface area contributed by atoms with Gasteiger partial charge in [0.05, 0.1) is 4.47 Å². The van der Waals surface area contributed by atoms with Crippen molar-refractivity contribution in [3.63, 3.8) is 0 Å². The molecule has 0 saturated carbocycles. The van der Waals surface area contributed by atoms with Gasteiger partial charge in [0.2, 0.25) is 0 Å². The second-order valence-electron chi connectivity index (χ2n) is 4.47. The summed E-state index contributed by atoms with van der Waals surface area (Å²) in [6, 6.07) is 7.86. The van der Waals surface area contributed by atoms with Crippen LogP contribution in [-0.4, -0.2) is 11.0 Å². The minimum absolute atomic E-state index is 0.200. The van der Waals surface area contributed by atoms with Crippen LogP contribution in [-0.2, 0) is 0 Å². The first-order valence-corrected chi connectivity index (χ1v) is 7.18. The van der Waals surface area contributed by atoms with E-state index in [1.54, 1.807) is 18.5 Å². The first-order chi connectivity index (χ1) is 9.61. The lowest BCUT2D eigenvalue weighted by atomic mass is 10.0. The Morgan fingerprint density at radius 2 is 2.20 bits per heavy atom. The van der Waals surface area contributed by atoms with Crippen LogP contribution in [0.5, 0.6) is 5.75 Å². The van der Waals surface area contributed by atoms with Crippen molar-refractivity contribution in [2.45, 2.75) is 25.5 Å². The van der Waals surface area contributed by atoms with Gasteiger partial charge in [-0.15, -0.1) is 0 Å². The summed E-state index contributed by atoms with van der Waals surface area (Å²) in [6.45, 7) is 1.98. The molecule has 2 rings (SSSR count). The molecule has 5 heteroatoms. The van der Waals surface area contributed by atoms with Crippen LogP contribution in [0.15, 0.2) is 47.2 Å². The van der Waals surface area contributed by atoms with Gasteiger partial charge in [-0.2, -0.15) is 0 Å². The fourth-order valence-corrected chi connectivity index (χ4v) is 2.21. The molecule has 0 spiro atoms. The van der Waals surface area contributed by atoms with E-state index in [1.807, 2.05) is 19.1 Å². The number of benzene rings is 1. The maximum Gasteiger partial charge on any atom is 0.140 e. The van der Waals surface area contributed by atoms with Crippen molar-refractivity contribution in [1.29, 1.82) is 0 Å². The molecule has 0 aliphatic carbocycles. The van der Waals surface area contributed by atoms with E-state index in [0.717, 1.165) is 12.0 Å². The Kier molecular flexibility index (Phi) is 5.09. The fourth-order valence-electron chi connectivity index (χ4n) is 1.87. The Labute approximate surface area is 126 Å². The molecule has 3 nitrogen and oxygen atoms in total. The first-order valence-electron chi connectivity index (χ1n) is 6.39. The van der Waals surface area contributed by atoms with Crippen LogP contribution in [0.1, 0.15) is 25.0 Å². The molecule has 106 valence electrons. The van der Waals surface area contributed by atoms with Crippen molar-refractivity contribution >= 4 is 15.9 Å². The zero-order chi connectivity index (χ0) is 14.5. The van der Waals surface area contributed by atoms with Crippen molar-refractivity contribution in [2.75, 3.05) is 0 Å². The van der Waals surface area contributed by atoms with Gasteiger partial charge in [0.1, 0.15) is 17.7 Å². The Hall–Kier alpha value is -1.46. The van der Waals surface area contributed by atoms with Crippen LogP contribution in [0.25, 0.3) is 0 Å². The van der Waals surface area contributed by atoms with Crippen LogP contribution in [0.2, 0.25) is 0 Å². The zero-order valence-corrected chi connectivity index (χ0v) is 12.7. The van der Waals surface area contributed by atoms with Gasteiger partial charge >= 0.3 is 0 Å². The highest BCUT2D eigenvalue weighted by atomic mass is 79.9. The number of ether oxygens (including phenoxy) is 1. The molecule has 0 radical (unpaired) electrons. The van der Waals surface area contributed by atoms with Gasteiger partial charge in [-0.05, 0) is 40.5 Å². The number of nitrogens with zero attached hydrogens (tertiary/aromatic N) is 1. The topological polar surface area (TPSA) is 48.1 Å². The highest BCUT2D eigenvalue weighted by Crippen LogP contribution is 2.31. The number of halogens is 2. The minimum atomic E-state index is -0.369. The largest absolute Gasteiger partial charge is 0.483 e. The molecule has 0 aliphatic rings. The number of aromatic nitrogens is 1. The molecule has 2 unspecified atom stereocenters. The average Bonchev–Trinajstić information content (AvgIpc) is 2.48. The van der Waals surface area contributed by atoms with Crippen LogP contribution in [0, 0.1) is 5.82 Å². The van der Waals surface area contributed by atoms with Crippen molar-refractivity contribution in [2.24, 2.45) is 5.73 Å². The van der Waals surface area contributed by atoms with Crippen molar-refractivity contribution in [1.82, 2.24) is 4.98 Å². The average molecular weight is 339 g/mol. The standard InChI is InChI=1S/C15H16BrFN2O/c1-2-13(18)15(10-4-3-7-19-9-10)20-14-8-11(17)5-6-12(14)16/h3-9,13,15H,2,18H2,1H3. The molecular weight excluding hydrogens is 323 g/mol. The number of nitrogens with two attached hydrogens (primary N) is 1. The second-order valence-corrected chi connectivity index (χ2v) is 5.33. The van der Waals surface area contributed by atoms with Crippen LogP contribution < -0.4 is 10.5 Å². The third-order valence-corrected chi connectivity index (χ3v) is 3.68. The quantitative estimate of drug-likeness (QED) is 0.900. The summed E-state index contributed by atoms with van der Waals surface area (Å²) in [7, 11) is 0. The lowest BCUT2D eigenvalue weighted by Gasteiger charge is -2.25. The van der Waals surface area contributed by atoms with Crippen molar-refractivity contribution in [3.8, 4) is 5.75 Å². The monoisotopic (exact) mass is 338 g/mol.